The largest absolute Gasteiger partial charge is 0.269 e. The minimum atomic E-state index is 0.212. The van der Waals surface area contributed by atoms with Crippen LogP contribution in [0.2, 0.25) is 15.3 Å². The summed E-state index contributed by atoms with van der Waals surface area (Å²) in [5.74, 6) is 0.998. The lowest BCUT2D eigenvalue weighted by Crippen LogP contribution is -2.03. The van der Waals surface area contributed by atoms with Crippen molar-refractivity contribution < 1.29 is 0 Å². The summed E-state index contributed by atoms with van der Waals surface area (Å²) < 4.78 is 1.76. The zero-order valence-corrected chi connectivity index (χ0v) is 11.6. The number of halogens is 3. The maximum absolute atomic E-state index is 6.03. The molecule has 1 aromatic heterocycles. The van der Waals surface area contributed by atoms with Crippen LogP contribution in [0.4, 0.5) is 0 Å². The standard InChI is InChI=1S/C11H10Cl3N3/c1-6(2)10-15-16-11(14)17(10)7-3-4-8(12)9(13)5-7/h3-6H,1-2H3. The zero-order chi connectivity index (χ0) is 12.6. The molecular formula is C11H10Cl3N3. The predicted molar refractivity (Wildman–Crippen MR) is 70.5 cm³/mol. The summed E-state index contributed by atoms with van der Waals surface area (Å²) >= 11 is 17.9. The average molecular weight is 291 g/mol. The number of aromatic nitrogens is 3. The van der Waals surface area contributed by atoms with E-state index in [-0.39, 0.29) is 5.92 Å². The average Bonchev–Trinajstić information content (AvgIpc) is 2.64. The van der Waals surface area contributed by atoms with Crippen molar-refractivity contribution in [2.24, 2.45) is 0 Å². The Labute approximate surface area is 114 Å². The van der Waals surface area contributed by atoms with Crippen LogP contribution in [0, 0.1) is 0 Å². The van der Waals surface area contributed by atoms with Gasteiger partial charge in [-0.2, -0.15) is 0 Å². The molecule has 0 radical (unpaired) electrons. The van der Waals surface area contributed by atoms with Crippen LogP contribution in [0.15, 0.2) is 18.2 Å². The van der Waals surface area contributed by atoms with E-state index in [4.69, 9.17) is 34.8 Å². The molecular weight excluding hydrogens is 281 g/mol. The van der Waals surface area contributed by atoms with Gasteiger partial charge in [-0.1, -0.05) is 37.0 Å². The molecule has 0 amide bonds. The van der Waals surface area contributed by atoms with E-state index in [1.54, 1.807) is 16.7 Å². The Morgan fingerprint density at radius 1 is 1.06 bits per heavy atom. The van der Waals surface area contributed by atoms with Crippen molar-refractivity contribution in [2.75, 3.05) is 0 Å². The van der Waals surface area contributed by atoms with Gasteiger partial charge in [0.2, 0.25) is 5.28 Å². The molecule has 90 valence electrons. The van der Waals surface area contributed by atoms with Crippen LogP contribution in [0.25, 0.3) is 5.69 Å². The van der Waals surface area contributed by atoms with Crippen molar-refractivity contribution in [2.45, 2.75) is 19.8 Å². The Kier molecular flexibility index (Phi) is 3.61. The minimum Gasteiger partial charge on any atom is -0.269 e. The van der Waals surface area contributed by atoms with Crippen LogP contribution in [0.1, 0.15) is 25.6 Å². The Bertz CT molecular complexity index is 549. The normalized spacial score (nSPS) is 11.2. The van der Waals surface area contributed by atoms with Gasteiger partial charge in [0.15, 0.2) is 0 Å². The van der Waals surface area contributed by atoms with Crippen molar-refractivity contribution >= 4 is 34.8 Å². The molecule has 3 nitrogen and oxygen atoms in total. The maximum atomic E-state index is 6.03. The van der Waals surface area contributed by atoms with Gasteiger partial charge in [0, 0.05) is 5.92 Å². The van der Waals surface area contributed by atoms with Crippen LogP contribution in [-0.4, -0.2) is 14.8 Å². The maximum Gasteiger partial charge on any atom is 0.229 e. The Morgan fingerprint density at radius 3 is 2.35 bits per heavy atom. The summed E-state index contributed by atoms with van der Waals surface area (Å²) in [6, 6.07) is 5.29. The van der Waals surface area contributed by atoms with Crippen LogP contribution < -0.4 is 0 Å². The summed E-state index contributed by atoms with van der Waals surface area (Å²) in [6.07, 6.45) is 0. The molecule has 0 aliphatic heterocycles. The molecule has 0 spiro atoms. The molecule has 2 rings (SSSR count). The van der Waals surface area contributed by atoms with Gasteiger partial charge >= 0.3 is 0 Å². The van der Waals surface area contributed by atoms with Gasteiger partial charge in [0.25, 0.3) is 0 Å². The van der Waals surface area contributed by atoms with Gasteiger partial charge in [0.1, 0.15) is 5.82 Å². The molecule has 0 N–H and O–H groups in total. The SMILES string of the molecule is CC(C)c1nnc(Cl)n1-c1ccc(Cl)c(Cl)c1. The van der Waals surface area contributed by atoms with E-state index in [1.165, 1.54) is 0 Å². The molecule has 6 heteroatoms. The van der Waals surface area contributed by atoms with Gasteiger partial charge in [-0.3, -0.25) is 4.57 Å². The van der Waals surface area contributed by atoms with Crippen LogP contribution >= 0.6 is 34.8 Å². The van der Waals surface area contributed by atoms with Crippen molar-refractivity contribution in [3.63, 3.8) is 0 Å². The third kappa shape index (κ3) is 2.41. The molecule has 0 saturated carbocycles. The van der Waals surface area contributed by atoms with E-state index in [9.17, 15) is 0 Å². The predicted octanol–water partition coefficient (Wildman–Crippen LogP) is 4.35. The summed E-state index contributed by atoms with van der Waals surface area (Å²) in [6.45, 7) is 4.04. The van der Waals surface area contributed by atoms with Crippen molar-refractivity contribution in [1.29, 1.82) is 0 Å². The molecule has 17 heavy (non-hydrogen) atoms. The van der Waals surface area contributed by atoms with E-state index >= 15 is 0 Å². The topological polar surface area (TPSA) is 30.7 Å². The highest BCUT2D eigenvalue weighted by Crippen LogP contribution is 2.28. The summed E-state index contributed by atoms with van der Waals surface area (Å²) in [5, 5.41) is 9.21. The van der Waals surface area contributed by atoms with Crippen molar-refractivity contribution in [3.05, 3.63) is 39.4 Å². The first-order chi connectivity index (χ1) is 8.00. The van der Waals surface area contributed by atoms with E-state index in [0.29, 0.717) is 15.3 Å². The fraction of sp³-hybridized carbons (Fsp3) is 0.273. The van der Waals surface area contributed by atoms with Gasteiger partial charge in [-0.05, 0) is 29.8 Å². The number of hydrogen-bond donors (Lipinski definition) is 0. The van der Waals surface area contributed by atoms with E-state index in [0.717, 1.165) is 11.5 Å². The summed E-state index contributed by atoms with van der Waals surface area (Å²) in [5.41, 5.74) is 0.804. The molecule has 0 bridgehead atoms. The quantitative estimate of drug-likeness (QED) is 0.823. The lowest BCUT2D eigenvalue weighted by atomic mass is 10.2. The minimum absolute atomic E-state index is 0.212. The third-order valence-electron chi connectivity index (χ3n) is 2.33. The highest BCUT2D eigenvalue weighted by molar-refractivity contribution is 6.42. The van der Waals surface area contributed by atoms with E-state index in [1.807, 2.05) is 19.9 Å². The first-order valence-electron chi connectivity index (χ1n) is 5.07. The second kappa shape index (κ2) is 4.84. The molecule has 0 aliphatic carbocycles. The molecule has 0 atom stereocenters. The summed E-state index contributed by atoms with van der Waals surface area (Å²) in [4.78, 5) is 0. The van der Waals surface area contributed by atoms with E-state index < -0.39 is 0 Å². The molecule has 0 saturated heterocycles. The Morgan fingerprint density at radius 2 is 1.76 bits per heavy atom. The molecule has 0 fully saturated rings. The van der Waals surface area contributed by atoms with Gasteiger partial charge in [-0.15, -0.1) is 10.2 Å². The number of hydrogen-bond acceptors (Lipinski definition) is 2. The molecule has 2 aromatic rings. The molecule has 0 aliphatic rings. The lowest BCUT2D eigenvalue weighted by molar-refractivity contribution is 0.745. The highest BCUT2D eigenvalue weighted by Gasteiger charge is 2.15. The number of rotatable bonds is 2. The van der Waals surface area contributed by atoms with Crippen LogP contribution in [0.5, 0.6) is 0 Å². The smallest absolute Gasteiger partial charge is 0.229 e. The highest BCUT2D eigenvalue weighted by atomic mass is 35.5. The number of benzene rings is 1. The monoisotopic (exact) mass is 289 g/mol. The van der Waals surface area contributed by atoms with Crippen LogP contribution in [0.3, 0.4) is 0 Å². The summed E-state index contributed by atoms with van der Waals surface area (Å²) in [7, 11) is 0. The van der Waals surface area contributed by atoms with Gasteiger partial charge in [0.05, 0.1) is 15.7 Å². The fourth-order valence-corrected chi connectivity index (χ4v) is 2.03. The van der Waals surface area contributed by atoms with E-state index in [2.05, 4.69) is 10.2 Å². The Balaban J connectivity index is 2.59. The van der Waals surface area contributed by atoms with Crippen LogP contribution in [-0.2, 0) is 0 Å². The van der Waals surface area contributed by atoms with Crippen molar-refractivity contribution in [3.8, 4) is 5.69 Å². The molecule has 1 aromatic carbocycles. The molecule has 0 unspecified atom stereocenters. The Hall–Kier alpha value is -0.770. The first kappa shape index (κ1) is 12.7. The second-order valence-electron chi connectivity index (χ2n) is 3.92. The zero-order valence-electron chi connectivity index (χ0n) is 9.28. The second-order valence-corrected chi connectivity index (χ2v) is 5.07. The third-order valence-corrected chi connectivity index (χ3v) is 3.31. The molecule has 1 heterocycles. The van der Waals surface area contributed by atoms with Gasteiger partial charge in [-0.25, -0.2) is 0 Å². The number of nitrogens with zero attached hydrogens (tertiary/aromatic N) is 3. The van der Waals surface area contributed by atoms with Gasteiger partial charge < -0.3 is 0 Å². The lowest BCUT2D eigenvalue weighted by Gasteiger charge is -2.10. The van der Waals surface area contributed by atoms with Crippen molar-refractivity contribution in [1.82, 2.24) is 14.8 Å². The fourth-order valence-electron chi connectivity index (χ4n) is 1.51. The first-order valence-corrected chi connectivity index (χ1v) is 6.20.